The fourth-order valence-electron chi connectivity index (χ4n) is 3.44. The minimum absolute atomic E-state index is 0.0302. The Morgan fingerprint density at radius 1 is 1.42 bits per heavy atom. The van der Waals surface area contributed by atoms with Gasteiger partial charge in [0.15, 0.2) is 9.84 Å². The van der Waals surface area contributed by atoms with E-state index in [0.717, 1.165) is 15.2 Å². The Bertz CT molecular complexity index is 909. The molecule has 2 saturated heterocycles. The van der Waals surface area contributed by atoms with Gasteiger partial charge in [-0.3, -0.25) is 0 Å². The van der Waals surface area contributed by atoms with E-state index in [9.17, 15) is 13.2 Å². The molecule has 9 heteroatoms. The van der Waals surface area contributed by atoms with E-state index in [1.807, 2.05) is 25.1 Å². The first-order valence-electron chi connectivity index (χ1n) is 7.80. The third-order valence-electron chi connectivity index (χ3n) is 4.49. The second-order valence-electron chi connectivity index (χ2n) is 6.24. The van der Waals surface area contributed by atoms with Gasteiger partial charge in [-0.1, -0.05) is 0 Å². The molecule has 2 aromatic rings. The molecule has 2 fully saturated rings. The van der Waals surface area contributed by atoms with Crippen molar-refractivity contribution in [3.63, 3.8) is 0 Å². The van der Waals surface area contributed by atoms with Crippen LogP contribution < -0.4 is 10.6 Å². The quantitative estimate of drug-likeness (QED) is 0.791. The Labute approximate surface area is 144 Å². The second kappa shape index (κ2) is 5.68. The number of urea groups is 1. The Morgan fingerprint density at radius 2 is 2.25 bits per heavy atom. The third-order valence-corrected chi connectivity index (χ3v) is 7.16. The Balaban J connectivity index is 1.54. The molecule has 0 radical (unpaired) electrons. The molecule has 0 unspecified atom stereocenters. The Kier molecular flexibility index (Phi) is 3.74. The predicted octanol–water partition coefficient (Wildman–Crippen LogP) is 1.21. The van der Waals surface area contributed by atoms with Gasteiger partial charge in [-0.2, -0.15) is 0 Å². The minimum atomic E-state index is -3.09. The van der Waals surface area contributed by atoms with Gasteiger partial charge in [-0.25, -0.2) is 18.2 Å². The van der Waals surface area contributed by atoms with E-state index in [0.29, 0.717) is 18.8 Å². The van der Waals surface area contributed by atoms with Crippen LogP contribution in [0.5, 0.6) is 0 Å². The van der Waals surface area contributed by atoms with Gasteiger partial charge in [0.2, 0.25) is 0 Å². The molecule has 7 nitrogen and oxygen atoms in total. The second-order valence-corrected chi connectivity index (χ2v) is 9.63. The summed E-state index contributed by atoms with van der Waals surface area (Å²) in [5.41, 5.74) is 1.53. The van der Waals surface area contributed by atoms with E-state index in [-0.39, 0.29) is 29.6 Å². The van der Waals surface area contributed by atoms with Crippen LogP contribution in [0.15, 0.2) is 18.2 Å². The van der Waals surface area contributed by atoms with Crippen LogP contribution in [0.4, 0.5) is 10.5 Å². The zero-order valence-corrected chi connectivity index (χ0v) is 14.8. The summed E-state index contributed by atoms with van der Waals surface area (Å²) in [4.78, 5) is 18.7. The smallest absolute Gasteiger partial charge is 0.318 e. The number of thiazole rings is 1. The highest BCUT2D eigenvalue weighted by Crippen LogP contribution is 2.26. The summed E-state index contributed by atoms with van der Waals surface area (Å²) in [6.45, 7) is 3.05. The standard InChI is InChI=1S/C15H18N4O3S2/c1-9-17-11-6-10(2-3-14(11)23-9)18-15(20)19-5-4-16-12-7-24(21,22)8-13(12)19/h2-3,6,12-13,16H,4-5,7-8H2,1H3,(H,18,20)/t12-,13+/m1/s1. The average molecular weight is 366 g/mol. The van der Waals surface area contributed by atoms with Crippen molar-refractivity contribution in [3.05, 3.63) is 23.2 Å². The summed E-state index contributed by atoms with van der Waals surface area (Å²) in [6.07, 6.45) is 0. The summed E-state index contributed by atoms with van der Waals surface area (Å²) < 4.78 is 24.8. The molecule has 4 rings (SSSR count). The summed E-state index contributed by atoms with van der Waals surface area (Å²) in [5.74, 6) is 0.133. The number of benzene rings is 1. The van der Waals surface area contributed by atoms with Crippen molar-refractivity contribution in [3.8, 4) is 0 Å². The van der Waals surface area contributed by atoms with Crippen molar-refractivity contribution < 1.29 is 13.2 Å². The van der Waals surface area contributed by atoms with Crippen LogP contribution >= 0.6 is 11.3 Å². The van der Waals surface area contributed by atoms with Crippen LogP contribution in [-0.4, -0.2) is 61.0 Å². The number of anilines is 1. The van der Waals surface area contributed by atoms with Gasteiger partial charge in [0.1, 0.15) is 0 Å². The van der Waals surface area contributed by atoms with Gasteiger partial charge in [0, 0.05) is 24.8 Å². The zero-order valence-electron chi connectivity index (χ0n) is 13.2. The molecule has 0 bridgehead atoms. The number of hydrogen-bond donors (Lipinski definition) is 2. The Hall–Kier alpha value is -1.71. The minimum Gasteiger partial charge on any atom is -0.318 e. The van der Waals surface area contributed by atoms with Crippen LogP contribution in [0, 0.1) is 6.92 Å². The molecule has 128 valence electrons. The number of nitrogens with zero attached hydrogens (tertiary/aromatic N) is 2. The molecule has 1 aromatic carbocycles. The van der Waals surface area contributed by atoms with E-state index in [1.165, 1.54) is 0 Å². The number of hydrogen-bond acceptors (Lipinski definition) is 6. The number of amides is 2. The van der Waals surface area contributed by atoms with Crippen molar-refractivity contribution in [1.82, 2.24) is 15.2 Å². The summed E-state index contributed by atoms with van der Waals surface area (Å²) in [7, 11) is -3.09. The maximum atomic E-state index is 12.6. The van der Waals surface area contributed by atoms with Gasteiger partial charge >= 0.3 is 6.03 Å². The summed E-state index contributed by atoms with van der Waals surface area (Å²) >= 11 is 1.61. The number of sulfone groups is 1. The molecule has 2 aliphatic rings. The van der Waals surface area contributed by atoms with Crippen molar-refractivity contribution in [2.75, 3.05) is 29.9 Å². The predicted molar refractivity (Wildman–Crippen MR) is 94.3 cm³/mol. The number of carbonyl (C=O) groups is 1. The van der Waals surface area contributed by atoms with E-state index in [1.54, 1.807) is 16.2 Å². The fourth-order valence-corrected chi connectivity index (χ4v) is 6.20. The van der Waals surface area contributed by atoms with Crippen molar-refractivity contribution in [2.45, 2.75) is 19.0 Å². The number of rotatable bonds is 1. The molecular weight excluding hydrogens is 348 g/mol. The maximum absolute atomic E-state index is 12.6. The lowest BCUT2D eigenvalue weighted by Gasteiger charge is -2.37. The molecular formula is C15H18N4O3S2. The molecule has 0 spiro atoms. The van der Waals surface area contributed by atoms with Crippen LogP contribution in [0.1, 0.15) is 5.01 Å². The van der Waals surface area contributed by atoms with E-state index < -0.39 is 9.84 Å². The number of piperazine rings is 1. The fraction of sp³-hybridized carbons (Fsp3) is 0.467. The van der Waals surface area contributed by atoms with Gasteiger partial charge in [0.05, 0.1) is 32.8 Å². The summed E-state index contributed by atoms with van der Waals surface area (Å²) in [6, 6.07) is 4.92. The topological polar surface area (TPSA) is 91.4 Å². The molecule has 2 aliphatic heterocycles. The van der Waals surface area contributed by atoms with Crippen molar-refractivity contribution in [2.24, 2.45) is 0 Å². The van der Waals surface area contributed by atoms with Gasteiger partial charge < -0.3 is 15.5 Å². The summed E-state index contributed by atoms with van der Waals surface area (Å²) in [5, 5.41) is 7.07. The Morgan fingerprint density at radius 3 is 3.08 bits per heavy atom. The number of fused-ring (bicyclic) bond motifs is 2. The molecule has 3 heterocycles. The SMILES string of the molecule is Cc1nc2cc(NC(=O)N3CCN[C@@H]4CS(=O)(=O)C[C@@H]43)ccc2s1. The van der Waals surface area contributed by atoms with E-state index >= 15 is 0 Å². The van der Waals surface area contributed by atoms with E-state index in [2.05, 4.69) is 15.6 Å². The highest BCUT2D eigenvalue weighted by Gasteiger charge is 2.44. The molecule has 24 heavy (non-hydrogen) atoms. The number of nitrogens with one attached hydrogen (secondary N) is 2. The van der Waals surface area contributed by atoms with Crippen molar-refractivity contribution >= 4 is 43.1 Å². The molecule has 0 saturated carbocycles. The van der Waals surface area contributed by atoms with Crippen molar-refractivity contribution in [1.29, 1.82) is 0 Å². The molecule has 2 amide bonds. The zero-order chi connectivity index (χ0) is 16.9. The number of aryl methyl sites for hydroxylation is 1. The van der Waals surface area contributed by atoms with E-state index in [4.69, 9.17) is 0 Å². The third kappa shape index (κ3) is 2.87. The lowest BCUT2D eigenvalue weighted by Crippen LogP contribution is -2.59. The van der Waals surface area contributed by atoms with Crippen LogP contribution in [0.3, 0.4) is 0 Å². The molecule has 2 atom stereocenters. The largest absolute Gasteiger partial charge is 0.322 e. The highest BCUT2D eigenvalue weighted by atomic mass is 32.2. The monoisotopic (exact) mass is 366 g/mol. The molecule has 1 aromatic heterocycles. The van der Waals surface area contributed by atoms with Crippen LogP contribution in [-0.2, 0) is 9.84 Å². The number of carbonyl (C=O) groups excluding carboxylic acids is 1. The van der Waals surface area contributed by atoms with Gasteiger partial charge in [-0.05, 0) is 25.1 Å². The molecule has 0 aliphatic carbocycles. The highest BCUT2D eigenvalue weighted by molar-refractivity contribution is 7.91. The average Bonchev–Trinajstić information content (AvgIpc) is 3.02. The first-order chi connectivity index (χ1) is 11.4. The number of aromatic nitrogens is 1. The lowest BCUT2D eigenvalue weighted by atomic mass is 10.1. The normalized spacial score (nSPS) is 25.6. The van der Waals surface area contributed by atoms with Crippen LogP contribution in [0.25, 0.3) is 10.2 Å². The first kappa shape index (κ1) is 15.8. The van der Waals surface area contributed by atoms with Crippen LogP contribution in [0.2, 0.25) is 0 Å². The molecule has 2 N–H and O–H groups in total. The van der Waals surface area contributed by atoms with Gasteiger partial charge in [-0.15, -0.1) is 11.3 Å². The first-order valence-corrected chi connectivity index (χ1v) is 10.4. The maximum Gasteiger partial charge on any atom is 0.322 e. The van der Waals surface area contributed by atoms with Gasteiger partial charge in [0.25, 0.3) is 0 Å². The lowest BCUT2D eigenvalue weighted by molar-refractivity contribution is 0.163.